The standard InChI is InChI=1S/C15H22N2O3/c1-11(2)8-9-12(3)16-15(18)10-13-6-4-5-7-14(13)17(19)20/h4-7,11-12H,8-10H2,1-3H3,(H,16,18). The summed E-state index contributed by atoms with van der Waals surface area (Å²) in [4.78, 5) is 22.3. The Labute approximate surface area is 119 Å². The first-order chi connectivity index (χ1) is 9.40. The third-order valence-corrected chi connectivity index (χ3v) is 3.12. The second-order valence-corrected chi connectivity index (χ2v) is 5.50. The molecule has 0 spiro atoms. The van der Waals surface area contributed by atoms with Crippen LogP contribution in [0.2, 0.25) is 0 Å². The molecule has 1 rings (SSSR count). The first kappa shape index (κ1) is 16.1. The largest absolute Gasteiger partial charge is 0.353 e. The van der Waals surface area contributed by atoms with E-state index in [1.165, 1.54) is 6.07 Å². The van der Waals surface area contributed by atoms with E-state index in [1.807, 2.05) is 6.92 Å². The van der Waals surface area contributed by atoms with E-state index in [0.29, 0.717) is 11.5 Å². The second kappa shape index (κ2) is 7.62. The van der Waals surface area contributed by atoms with E-state index in [0.717, 1.165) is 12.8 Å². The van der Waals surface area contributed by atoms with Crippen molar-refractivity contribution in [3.63, 3.8) is 0 Å². The van der Waals surface area contributed by atoms with Gasteiger partial charge in [-0.05, 0) is 25.7 Å². The zero-order chi connectivity index (χ0) is 15.1. The van der Waals surface area contributed by atoms with E-state index in [9.17, 15) is 14.9 Å². The van der Waals surface area contributed by atoms with Crippen LogP contribution in [0.25, 0.3) is 0 Å². The van der Waals surface area contributed by atoms with Gasteiger partial charge >= 0.3 is 0 Å². The van der Waals surface area contributed by atoms with Crippen LogP contribution in [0, 0.1) is 16.0 Å². The number of rotatable bonds is 7. The molecule has 1 aromatic rings. The van der Waals surface area contributed by atoms with Crippen molar-refractivity contribution in [3.05, 3.63) is 39.9 Å². The second-order valence-electron chi connectivity index (χ2n) is 5.50. The zero-order valence-corrected chi connectivity index (χ0v) is 12.3. The Bertz CT molecular complexity index is 472. The first-order valence-corrected chi connectivity index (χ1v) is 6.91. The maximum atomic E-state index is 11.9. The Balaban J connectivity index is 2.56. The molecule has 0 heterocycles. The molecule has 1 amide bonds. The number of nitrogens with zero attached hydrogens (tertiary/aromatic N) is 1. The lowest BCUT2D eigenvalue weighted by molar-refractivity contribution is -0.385. The quantitative estimate of drug-likeness (QED) is 0.615. The van der Waals surface area contributed by atoms with Gasteiger partial charge in [0, 0.05) is 17.7 Å². The van der Waals surface area contributed by atoms with E-state index in [-0.39, 0.29) is 24.1 Å². The number of para-hydroxylation sites is 1. The molecule has 5 heteroatoms. The van der Waals surface area contributed by atoms with Crippen LogP contribution in [0.5, 0.6) is 0 Å². The summed E-state index contributed by atoms with van der Waals surface area (Å²) < 4.78 is 0. The van der Waals surface area contributed by atoms with E-state index >= 15 is 0 Å². The van der Waals surface area contributed by atoms with Gasteiger partial charge in [-0.3, -0.25) is 14.9 Å². The van der Waals surface area contributed by atoms with E-state index in [1.54, 1.807) is 18.2 Å². The van der Waals surface area contributed by atoms with Gasteiger partial charge in [-0.15, -0.1) is 0 Å². The molecule has 1 unspecified atom stereocenters. The van der Waals surface area contributed by atoms with Gasteiger partial charge in [0.25, 0.3) is 5.69 Å². The fraction of sp³-hybridized carbons (Fsp3) is 0.533. The van der Waals surface area contributed by atoms with Crippen LogP contribution in [0.4, 0.5) is 5.69 Å². The molecule has 1 aromatic carbocycles. The Morgan fingerprint density at radius 3 is 2.50 bits per heavy atom. The van der Waals surface area contributed by atoms with E-state index in [4.69, 9.17) is 0 Å². The summed E-state index contributed by atoms with van der Waals surface area (Å²) in [6.45, 7) is 6.24. The SMILES string of the molecule is CC(C)CCC(C)NC(=O)Cc1ccccc1[N+](=O)[O-]. The lowest BCUT2D eigenvalue weighted by Gasteiger charge is -2.15. The minimum atomic E-state index is -0.454. The highest BCUT2D eigenvalue weighted by atomic mass is 16.6. The van der Waals surface area contributed by atoms with Crippen molar-refractivity contribution in [2.24, 2.45) is 5.92 Å². The lowest BCUT2D eigenvalue weighted by atomic mass is 10.0. The van der Waals surface area contributed by atoms with Crippen molar-refractivity contribution in [1.82, 2.24) is 5.32 Å². The monoisotopic (exact) mass is 278 g/mol. The van der Waals surface area contributed by atoms with Crippen molar-refractivity contribution in [2.75, 3.05) is 0 Å². The molecule has 0 aliphatic heterocycles. The van der Waals surface area contributed by atoms with Crippen molar-refractivity contribution in [1.29, 1.82) is 0 Å². The van der Waals surface area contributed by atoms with Gasteiger partial charge in [-0.1, -0.05) is 32.0 Å². The summed E-state index contributed by atoms with van der Waals surface area (Å²) >= 11 is 0. The smallest absolute Gasteiger partial charge is 0.273 e. The Morgan fingerprint density at radius 2 is 1.90 bits per heavy atom. The molecule has 20 heavy (non-hydrogen) atoms. The van der Waals surface area contributed by atoms with Gasteiger partial charge in [-0.2, -0.15) is 0 Å². The molecule has 0 bridgehead atoms. The number of nitro benzene ring substituents is 1. The van der Waals surface area contributed by atoms with Crippen LogP contribution < -0.4 is 5.32 Å². The molecule has 0 saturated heterocycles. The van der Waals surface area contributed by atoms with Gasteiger partial charge in [-0.25, -0.2) is 0 Å². The summed E-state index contributed by atoms with van der Waals surface area (Å²) in [6, 6.07) is 6.44. The van der Waals surface area contributed by atoms with Crippen LogP contribution in [-0.4, -0.2) is 16.9 Å². The molecular formula is C15H22N2O3. The fourth-order valence-corrected chi connectivity index (χ4v) is 1.99. The molecule has 0 fully saturated rings. The maximum Gasteiger partial charge on any atom is 0.273 e. The lowest BCUT2D eigenvalue weighted by Crippen LogP contribution is -2.34. The summed E-state index contributed by atoms with van der Waals surface area (Å²) in [6.07, 6.45) is 2.01. The zero-order valence-electron chi connectivity index (χ0n) is 12.3. The van der Waals surface area contributed by atoms with Crippen molar-refractivity contribution in [2.45, 2.75) is 46.1 Å². The number of amides is 1. The van der Waals surface area contributed by atoms with Gasteiger partial charge in [0.15, 0.2) is 0 Å². The Kier molecular flexibility index (Phi) is 6.15. The van der Waals surface area contributed by atoms with Gasteiger partial charge < -0.3 is 5.32 Å². The Hall–Kier alpha value is -1.91. The molecular weight excluding hydrogens is 256 g/mol. The minimum Gasteiger partial charge on any atom is -0.353 e. The molecule has 1 atom stereocenters. The molecule has 1 N–H and O–H groups in total. The third-order valence-electron chi connectivity index (χ3n) is 3.12. The van der Waals surface area contributed by atoms with Crippen molar-refractivity contribution < 1.29 is 9.72 Å². The molecule has 110 valence electrons. The van der Waals surface area contributed by atoms with E-state index < -0.39 is 4.92 Å². The number of carbonyl (C=O) groups excluding carboxylic acids is 1. The first-order valence-electron chi connectivity index (χ1n) is 6.91. The number of benzene rings is 1. The maximum absolute atomic E-state index is 11.9. The highest BCUT2D eigenvalue weighted by Gasteiger charge is 2.16. The fourth-order valence-electron chi connectivity index (χ4n) is 1.99. The van der Waals surface area contributed by atoms with Gasteiger partial charge in [0.2, 0.25) is 5.91 Å². The number of nitro groups is 1. The highest BCUT2D eigenvalue weighted by molar-refractivity contribution is 5.80. The number of carbonyl (C=O) groups is 1. The van der Waals surface area contributed by atoms with Gasteiger partial charge in [0.1, 0.15) is 0 Å². The average Bonchev–Trinajstić information content (AvgIpc) is 2.36. The Morgan fingerprint density at radius 1 is 1.25 bits per heavy atom. The highest BCUT2D eigenvalue weighted by Crippen LogP contribution is 2.18. The number of hydrogen-bond acceptors (Lipinski definition) is 3. The summed E-state index contributed by atoms with van der Waals surface area (Å²) in [7, 11) is 0. The van der Waals surface area contributed by atoms with Crippen LogP contribution in [0.15, 0.2) is 24.3 Å². The number of nitrogens with one attached hydrogen (secondary N) is 1. The molecule has 0 saturated carbocycles. The van der Waals surface area contributed by atoms with Crippen LogP contribution in [0.3, 0.4) is 0 Å². The minimum absolute atomic E-state index is 0.00233. The molecule has 0 aromatic heterocycles. The van der Waals surface area contributed by atoms with E-state index in [2.05, 4.69) is 19.2 Å². The normalized spacial score (nSPS) is 12.2. The summed E-state index contributed by atoms with van der Waals surface area (Å²) in [5.74, 6) is 0.431. The molecule has 0 aliphatic carbocycles. The van der Waals surface area contributed by atoms with Crippen LogP contribution in [-0.2, 0) is 11.2 Å². The van der Waals surface area contributed by atoms with Crippen LogP contribution in [0.1, 0.15) is 39.2 Å². The molecule has 0 radical (unpaired) electrons. The molecule has 5 nitrogen and oxygen atoms in total. The van der Waals surface area contributed by atoms with Crippen LogP contribution >= 0.6 is 0 Å². The predicted octanol–water partition coefficient (Wildman–Crippen LogP) is 3.08. The van der Waals surface area contributed by atoms with Crippen molar-refractivity contribution in [3.8, 4) is 0 Å². The van der Waals surface area contributed by atoms with Crippen molar-refractivity contribution >= 4 is 11.6 Å². The van der Waals surface area contributed by atoms with Gasteiger partial charge in [0.05, 0.1) is 11.3 Å². The predicted molar refractivity (Wildman–Crippen MR) is 78.5 cm³/mol. The topological polar surface area (TPSA) is 72.2 Å². The summed E-state index contributed by atoms with van der Waals surface area (Å²) in [5.41, 5.74) is 0.448. The number of hydrogen-bond donors (Lipinski definition) is 1. The summed E-state index contributed by atoms with van der Waals surface area (Å²) in [5, 5.41) is 13.8. The third kappa shape index (κ3) is 5.38. The average molecular weight is 278 g/mol. The molecule has 0 aliphatic rings.